The van der Waals surface area contributed by atoms with Gasteiger partial charge in [-0.25, -0.2) is 0 Å². The molecule has 0 saturated carbocycles. The van der Waals surface area contributed by atoms with Gasteiger partial charge in [0.15, 0.2) is 18.5 Å². The summed E-state index contributed by atoms with van der Waals surface area (Å²) in [5, 5.41) is 27.4. The van der Waals surface area contributed by atoms with E-state index in [9.17, 15) is 19.8 Å². The van der Waals surface area contributed by atoms with E-state index in [1.165, 1.54) is 7.11 Å². The Balaban J connectivity index is 0. The van der Waals surface area contributed by atoms with E-state index in [1.54, 1.807) is 0 Å². The van der Waals surface area contributed by atoms with Gasteiger partial charge in [0.05, 0.1) is 6.61 Å². The van der Waals surface area contributed by atoms with Crippen LogP contribution >= 0.6 is 0 Å². The summed E-state index contributed by atoms with van der Waals surface area (Å²) in [6.45, 7) is 6.02. The van der Waals surface area contributed by atoms with E-state index in [4.69, 9.17) is 9.84 Å². The molecule has 0 bridgehead atoms. The molecule has 0 fully saturated rings. The Morgan fingerprint density at radius 2 is 1.76 bits per heavy atom. The van der Waals surface area contributed by atoms with Gasteiger partial charge in [0.2, 0.25) is 0 Å². The van der Waals surface area contributed by atoms with E-state index in [1.807, 2.05) is 13.8 Å². The normalized spacial score (nSPS) is 16.0. The van der Waals surface area contributed by atoms with Gasteiger partial charge >= 0.3 is 5.97 Å². The molecule has 0 heterocycles. The number of aliphatic hydroxyl groups is 3. The first-order valence-corrected chi connectivity index (χ1v) is 6.59. The Bertz CT molecular complexity index is 269. The predicted octanol–water partition coefficient (Wildman–Crippen LogP) is -1.11. The lowest BCUT2D eigenvalue weighted by atomic mass is 10.0. The number of aliphatic hydroxyl groups excluding tert-OH is 3. The minimum absolute atomic E-state index is 0.334. The van der Waals surface area contributed by atoms with E-state index in [0.717, 1.165) is 20.1 Å². The van der Waals surface area contributed by atoms with Gasteiger partial charge in [-0.05, 0) is 13.8 Å². The topological polar surface area (TPSA) is 123 Å². The molecule has 8 heteroatoms. The maximum atomic E-state index is 10.8. The zero-order chi connectivity index (χ0) is 16.8. The molecule has 0 spiro atoms. The number of hydrogen-bond donors (Lipinski definition) is 3. The summed E-state index contributed by atoms with van der Waals surface area (Å²) in [6, 6.07) is 0. The fourth-order valence-corrected chi connectivity index (χ4v) is 1.32. The molecule has 0 saturated heterocycles. The molecule has 3 N–H and O–H groups in total. The third-order valence-electron chi connectivity index (χ3n) is 2.36. The smallest absolute Gasteiger partial charge is 0.303 e. The summed E-state index contributed by atoms with van der Waals surface area (Å²) in [5.41, 5.74) is 0. The molecular formula is C13H26O8. The monoisotopic (exact) mass is 310 g/mol. The molecule has 0 aromatic carbocycles. The molecule has 0 aromatic rings. The first-order valence-electron chi connectivity index (χ1n) is 6.59. The summed E-state index contributed by atoms with van der Waals surface area (Å²) in [6.07, 6.45) is -5.37. The van der Waals surface area contributed by atoms with Gasteiger partial charge in [-0.1, -0.05) is 0 Å². The van der Waals surface area contributed by atoms with Crippen LogP contribution in [-0.4, -0.2) is 78.9 Å². The SMILES string of the molecule is CCOCC.CO[C@@H](C=O)[C@@H](OC(C)=O)[C@H](O)[C@H](O)CO. The molecule has 0 aromatic heterocycles. The fourth-order valence-electron chi connectivity index (χ4n) is 1.32. The summed E-state index contributed by atoms with van der Waals surface area (Å²) >= 11 is 0. The van der Waals surface area contributed by atoms with E-state index >= 15 is 0 Å². The molecule has 0 aliphatic heterocycles. The number of methoxy groups -OCH3 is 1. The molecule has 8 nitrogen and oxygen atoms in total. The van der Waals surface area contributed by atoms with Crippen LogP contribution < -0.4 is 0 Å². The van der Waals surface area contributed by atoms with Gasteiger partial charge in [-0.15, -0.1) is 0 Å². The molecule has 0 rings (SSSR count). The average molecular weight is 310 g/mol. The first-order chi connectivity index (χ1) is 9.89. The van der Waals surface area contributed by atoms with Crippen LogP contribution in [0.15, 0.2) is 0 Å². The second-order valence-electron chi connectivity index (χ2n) is 3.93. The summed E-state index contributed by atoms with van der Waals surface area (Å²) < 4.78 is 14.2. The summed E-state index contributed by atoms with van der Waals surface area (Å²) in [5.74, 6) is -0.738. The van der Waals surface area contributed by atoms with E-state index in [2.05, 4.69) is 9.47 Å². The second kappa shape index (κ2) is 13.9. The highest BCUT2D eigenvalue weighted by atomic mass is 16.6. The third kappa shape index (κ3) is 10.3. The zero-order valence-corrected chi connectivity index (χ0v) is 12.9. The fraction of sp³-hybridized carbons (Fsp3) is 0.846. The molecule has 0 aliphatic rings. The van der Waals surface area contributed by atoms with Crippen molar-refractivity contribution in [2.75, 3.05) is 26.9 Å². The highest BCUT2D eigenvalue weighted by molar-refractivity contribution is 5.67. The van der Waals surface area contributed by atoms with E-state index < -0.39 is 37.0 Å². The van der Waals surface area contributed by atoms with Crippen molar-refractivity contribution >= 4 is 12.3 Å². The Labute approximate surface area is 124 Å². The van der Waals surface area contributed by atoms with E-state index in [-0.39, 0.29) is 0 Å². The van der Waals surface area contributed by atoms with Crippen LogP contribution in [0, 0.1) is 0 Å². The van der Waals surface area contributed by atoms with E-state index in [0.29, 0.717) is 6.29 Å². The van der Waals surface area contributed by atoms with Crippen molar-refractivity contribution in [2.24, 2.45) is 0 Å². The van der Waals surface area contributed by atoms with Crippen molar-refractivity contribution < 1.29 is 39.1 Å². The molecular weight excluding hydrogens is 284 g/mol. The van der Waals surface area contributed by atoms with Gasteiger partial charge in [-0.3, -0.25) is 4.79 Å². The van der Waals surface area contributed by atoms with Crippen LogP contribution in [0.5, 0.6) is 0 Å². The van der Waals surface area contributed by atoms with Gasteiger partial charge < -0.3 is 34.3 Å². The van der Waals surface area contributed by atoms with Crippen LogP contribution in [0.4, 0.5) is 0 Å². The van der Waals surface area contributed by atoms with Gasteiger partial charge in [0.25, 0.3) is 0 Å². The van der Waals surface area contributed by atoms with Crippen LogP contribution in [-0.2, 0) is 23.8 Å². The molecule has 0 amide bonds. The van der Waals surface area contributed by atoms with Crippen molar-refractivity contribution in [3.05, 3.63) is 0 Å². The largest absolute Gasteiger partial charge is 0.456 e. The van der Waals surface area contributed by atoms with Crippen LogP contribution in [0.25, 0.3) is 0 Å². The number of hydrogen-bond acceptors (Lipinski definition) is 8. The molecule has 0 unspecified atom stereocenters. The van der Waals surface area contributed by atoms with Gasteiger partial charge in [-0.2, -0.15) is 0 Å². The van der Waals surface area contributed by atoms with Crippen molar-refractivity contribution in [3.63, 3.8) is 0 Å². The van der Waals surface area contributed by atoms with Crippen LogP contribution in [0.2, 0.25) is 0 Å². The van der Waals surface area contributed by atoms with Crippen molar-refractivity contribution in [1.82, 2.24) is 0 Å². The lowest BCUT2D eigenvalue weighted by Gasteiger charge is -2.28. The van der Waals surface area contributed by atoms with Crippen molar-refractivity contribution in [2.45, 2.75) is 45.2 Å². The maximum Gasteiger partial charge on any atom is 0.303 e. The predicted molar refractivity (Wildman–Crippen MR) is 73.7 cm³/mol. The Morgan fingerprint density at radius 1 is 1.24 bits per heavy atom. The number of esters is 1. The average Bonchev–Trinajstić information content (AvgIpc) is 2.47. The number of carbonyl (C=O) groups excluding carboxylic acids is 2. The molecule has 4 atom stereocenters. The number of ether oxygens (including phenoxy) is 3. The van der Waals surface area contributed by atoms with Crippen molar-refractivity contribution in [1.29, 1.82) is 0 Å². The Hall–Kier alpha value is -1.06. The first kappa shape index (κ1) is 22.2. The van der Waals surface area contributed by atoms with Crippen LogP contribution in [0.1, 0.15) is 20.8 Å². The summed E-state index contributed by atoms with van der Waals surface area (Å²) in [7, 11) is 1.19. The third-order valence-corrected chi connectivity index (χ3v) is 2.36. The van der Waals surface area contributed by atoms with Crippen molar-refractivity contribution in [3.8, 4) is 0 Å². The Morgan fingerprint density at radius 3 is 2.00 bits per heavy atom. The maximum absolute atomic E-state index is 10.8. The number of carbonyl (C=O) groups is 2. The molecule has 126 valence electrons. The second-order valence-corrected chi connectivity index (χ2v) is 3.93. The van der Waals surface area contributed by atoms with Gasteiger partial charge in [0, 0.05) is 27.2 Å². The quantitative estimate of drug-likeness (QED) is 0.362. The molecule has 0 aliphatic carbocycles. The van der Waals surface area contributed by atoms with Gasteiger partial charge in [0.1, 0.15) is 12.2 Å². The minimum atomic E-state index is -1.61. The number of rotatable bonds is 9. The number of aldehydes is 1. The highest BCUT2D eigenvalue weighted by Crippen LogP contribution is 2.11. The highest BCUT2D eigenvalue weighted by Gasteiger charge is 2.35. The minimum Gasteiger partial charge on any atom is -0.456 e. The Kier molecular flexibility index (Phi) is 14.7. The lowest BCUT2D eigenvalue weighted by molar-refractivity contribution is -0.174. The van der Waals surface area contributed by atoms with Crippen LogP contribution in [0.3, 0.4) is 0 Å². The summed E-state index contributed by atoms with van der Waals surface area (Å²) in [4.78, 5) is 21.4. The zero-order valence-electron chi connectivity index (χ0n) is 12.9. The molecule has 0 radical (unpaired) electrons. The lowest BCUT2D eigenvalue weighted by Crippen LogP contribution is -2.49. The molecule has 21 heavy (non-hydrogen) atoms. The standard InChI is InChI=1S/C9H16O7.C4H10O/c1-5(12)16-9(7(4-11)15-2)8(14)6(13)3-10;1-3-5-4-2/h4,6-10,13-14H,3H2,1-2H3;3-4H2,1-2H3/t6-,7+,8-,9-;/m1./s1.